The molecule has 0 spiro atoms. The largest absolute Gasteiger partial charge is 0.345 e. The van der Waals surface area contributed by atoms with Gasteiger partial charge >= 0.3 is 0 Å². The number of nitrogens with zero attached hydrogens (tertiary/aromatic N) is 3. The highest BCUT2D eigenvalue weighted by atomic mass is 32.2. The van der Waals surface area contributed by atoms with Crippen molar-refractivity contribution in [3.8, 4) is 22.4 Å². The van der Waals surface area contributed by atoms with E-state index in [0.717, 1.165) is 37.7 Å². The lowest BCUT2D eigenvalue weighted by Gasteiger charge is -2.09. The summed E-state index contributed by atoms with van der Waals surface area (Å²) < 4.78 is 26.8. The second-order valence-corrected chi connectivity index (χ2v) is 13.5. The van der Waals surface area contributed by atoms with Crippen LogP contribution in [0.1, 0.15) is 40.6 Å². The Balaban J connectivity index is 1.27. The van der Waals surface area contributed by atoms with Gasteiger partial charge in [-0.3, -0.25) is 14.6 Å². The quantitative estimate of drug-likeness (QED) is 0.242. The summed E-state index contributed by atoms with van der Waals surface area (Å²) in [7, 11) is -3.67. The second kappa shape index (κ2) is 11.4. The lowest BCUT2D eigenvalue weighted by Crippen LogP contribution is -2.30. The van der Waals surface area contributed by atoms with Crippen LogP contribution in [0.3, 0.4) is 0 Å². The molecule has 1 amide bonds. The van der Waals surface area contributed by atoms with Crippen LogP contribution in [0.2, 0.25) is 0 Å². The summed E-state index contributed by atoms with van der Waals surface area (Å²) in [5, 5.41) is 5.07. The number of para-hydroxylation sites is 1. The van der Waals surface area contributed by atoms with Gasteiger partial charge in [0.15, 0.2) is 5.78 Å². The van der Waals surface area contributed by atoms with Gasteiger partial charge in [-0.2, -0.15) is 0 Å². The van der Waals surface area contributed by atoms with Crippen LogP contribution in [-0.2, 0) is 21.2 Å². The number of rotatable bonds is 9. The molecule has 41 heavy (non-hydrogen) atoms. The van der Waals surface area contributed by atoms with Gasteiger partial charge in [0.05, 0.1) is 35.0 Å². The van der Waals surface area contributed by atoms with E-state index in [9.17, 15) is 18.0 Å². The number of carbonyl (C=O) groups excluding carboxylic acids is 2. The van der Waals surface area contributed by atoms with Gasteiger partial charge in [-0.1, -0.05) is 36.4 Å². The second-order valence-electron chi connectivity index (χ2n) is 10.2. The average Bonchev–Trinajstić information content (AvgIpc) is 3.57. The molecule has 0 radical (unpaired) electrons. The molecule has 0 unspecified atom stereocenters. The van der Waals surface area contributed by atoms with Crippen LogP contribution in [0.25, 0.3) is 33.3 Å². The standard InChI is InChI=1S/C31H30N4O4S2/c1-19(2)41(38,39)35-17-27(26-10-5-6-11-29(26)35)31(37)32-16-25(36)15-30-34-28(18-40-30)23-9-7-8-22(14-23)24-12-20(3)33-21(4)13-24/h5-14,17-19H,15-16H2,1-4H3,(H,32,37). The predicted octanol–water partition coefficient (Wildman–Crippen LogP) is 5.57. The maximum atomic E-state index is 13.0. The third-order valence-corrected chi connectivity index (χ3v) is 9.60. The number of ketones is 1. The monoisotopic (exact) mass is 586 g/mol. The lowest BCUT2D eigenvalue weighted by molar-refractivity contribution is -0.117. The zero-order chi connectivity index (χ0) is 29.3. The van der Waals surface area contributed by atoms with Crippen LogP contribution >= 0.6 is 11.3 Å². The summed E-state index contributed by atoms with van der Waals surface area (Å²) >= 11 is 1.40. The summed E-state index contributed by atoms with van der Waals surface area (Å²) in [5.74, 6) is -0.709. The molecule has 0 fully saturated rings. The van der Waals surface area contributed by atoms with E-state index in [4.69, 9.17) is 0 Å². The topological polar surface area (TPSA) is 111 Å². The number of hydrogen-bond donors (Lipinski definition) is 1. The van der Waals surface area contributed by atoms with Crippen molar-refractivity contribution < 1.29 is 18.0 Å². The molecule has 0 aliphatic heterocycles. The van der Waals surface area contributed by atoms with Crippen molar-refractivity contribution in [1.82, 2.24) is 19.3 Å². The summed E-state index contributed by atoms with van der Waals surface area (Å²) in [6, 6.07) is 19.0. The molecule has 3 heterocycles. The SMILES string of the molecule is Cc1cc(-c2cccc(-c3csc(CC(=O)CNC(=O)c4cn(S(=O)(=O)C(C)C)c5ccccc45)n3)c2)cc(C)n1. The number of Topliss-reactive ketones (excluding diaryl/α,β-unsaturated/α-hetero) is 1. The maximum absolute atomic E-state index is 13.0. The minimum Gasteiger partial charge on any atom is -0.345 e. The van der Waals surface area contributed by atoms with Crippen LogP contribution in [0.15, 0.2) is 72.2 Å². The zero-order valence-electron chi connectivity index (χ0n) is 23.2. The van der Waals surface area contributed by atoms with Crippen molar-refractivity contribution in [2.24, 2.45) is 0 Å². The van der Waals surface area contributed by atoms with Gasteiger partial charge in [0.1, 0.15) is 5.01 Å². The van der Waals surface area contributed by atoms with E-state index in [1.165, 1.54) is 17.5 Å². The maximum Gasteiger partial charge on any atom is 0.253 e. The Morgan fingerprint density at radius 1 is 0.927 bits per heavy atom. The van der Waals surface area contributed by atoms with E-state index in [0.29, 0.717) is 15.9 Å². The molecule has 210 valence electrons. The third kappa shape index (κ3) is 5.98. The molecule has 0 aliphatic rings. The van der Waals surface area contributed by atoms with Crippen molar-refractivity contribution >= 4 is 44.0 Å². The van der Waals surface area contributed by atoms with E-state index >= 15 is 0 Å². The molecule has 5 rings (SSSR count). The van der Waals surface area contributed by atoms with Crippen LogP contribution in [0.5, 0.6) is 0 Å². The van der Waals surface area contributed by atoms with Gasteiger partial charge in [0.25, 0.3) is 5.91 Å². The number of hydrogen-bond acceptors (Lipinski definition) is 7. The van der Waals surface area contributed by atoms with Crippen molar-refractivity contribution in [3.63, 3.8) is 0 Å². The van der Waals surface area contributed by atoms with Crippen molar-refractivity contribution in [1.29, 1.82) is 0 Å². The minimum absolute atomic E-state index is 0.0802. The molecule has 8 nitrogen and oxygen atoms in total. The Kier molecular flexibility index (Phi) is 7.88. The summed E-state index contributed by atoms with van der Waals surface area (Å²) in [5.41, 5.74) is 6.42. The predicted molar refractivity (Wildman–Crippen MR) is 163 cm³/mol. The third-order valence-electron chi connectivity index (χ3n) is 6.71. The Morgan fingerprint density at radius 3 is 2.37 bits per heavy atom. The Bertz CT molecular complexity index is 1870. The average molecular weight is 587 g/mol. The van der Waals surface area contributed by atoms with E-state index in [1.54, 1.807) is 38.1 Å². The molecule has 0 atom stereocenters. The van der Waals surface area contributed by atoms with Crippen LogP contribution in [0, 0.1) is 13.8 Å². The zero-order valence-corrected chi connectivity index (χ0v) is 24.8. The fraction of sp³-hybridized carbons (Fsp3) is 0.226. The van der Waals surface area contributed by atoms with Crippen molar-refractivity contribution in [2.45, 2.75) is 39.4 Å². The Morgan fingerprint density at radius 2 is 1.63 bits per heavy atom. The number of aromatic nitrogens is 3. The van der Waals surface area contributed by atoms with Gasteiger partial charge in [-0.25, -0.2) is 17.4 Å². The number of carbonyl (C=O) groups is 2. The van der Waals surface area contributed by atoms with Crippen LogP contribution in [0.4, 0.5) is 0 Å². The number of pyridine rings is 1. The Labute approximate surface area is 243 Å². The van der Waals surface area contributed by atoms with Crippen LogP contribution in [-0.4, -0.2) is 45.8 Å². The van der Waals surface area contributed by atoms with E-state index in [1.807, 2.05) is 49.6 Å². The first-order chi connectivity index (χ1) is 19.5. The van der Waals surface area contributed by atoms with Gasteiger partial charge in [-0.05, 0) is 63.1 Å². The van der Waals surface area contributed by atoms with Gasteiger partial charge in [0, 0.05) is 33.9 Å². The summed E-state index contributed by atoms with van der Waals surface area (Å²) in [6.45, 7) is 6.93. The molecule has 0 saturated heterocycles. The molecule has 10 heteroatoms. The van der Waals surface area contributed by atoms with Gasteiger partial charge < -0.3 is 5.32 Å². The summed E-state index contributed by atoms with van der Waals surface area (Å²) in [6.07, 6.45) is 1.41. The minimum atomic E-state index is -3.67. The van der Waals surface area contributed by atoms with Crippen LogP contribution < -0.4 is 5.32 Å². The fourth-order valence-corrected chi connectivity index (χ4v) is 6.63. The highest BCUT2D eigenvalue weighted by Crippen LogP contribution is 2.28. The smallest absolute Gasteiger partial charge is 0.253 e. The number of aryl methyl sites for hydroxylation is 2. The molecular weight excluding hydrogens is 556 g/mol. The molecular formula is C31H30N4O4S2. The van der Waals surface area contributed by atoms with Gasteiger partial charge in [0.2, 0.25) is 10.0 Å². The number of benzene rings is 2. The molecule has 0 saturated carbocycles. The lowest BCUT2D eigenvalue weighted by atomic mass is 10.0. The highest BCUT2D eigenvalue weighted by molar-refractivity contribution is 7.90. The first kappa shape index (κ1) is 28.4. The normalized spacial score (nSPS) is 11.7. The van der Waals surface area contributed by atoms with E-state index in [2.05, 4.69) is 21.4 Å². The molecule has 0 bridgehead atoms. The van der Waals surface area contributed by atoms with Crippen molar-refractivity contribution in [3.05, 3.63) is 94.2 Å². The first-order valence-electron chi connectivity index (χ1n) is 13.2. The van der Waals surface area contributed by atoms with Crippen molar-refractivity contribution in [2.75, 3.05) is 6.54 Å². The Hall–Kier alpha value is -4.15. The molecule has 2 aromatic carbocycles. The van der Waals surface area contributed by atoms with E-state index in [-0.39, 0.29) is 24.3 Å². The first-order valence-corrected chi connectivity index (χ1v) is 15.6. The number of nitrogens with one attached hydrogen (secondary N) is 1. The number of thiazole rings is 1. The fourth-order valence-electron chi connectivity index (χ4n) is 4.66. The van der Waals surface area contributed by atoms with Gasteiger partial charge in [-0.15, -0.1) is 11.3 Å². The number of fused-ring (bicyclic) bond motifs is 1. The molecule has 1 N–H and O–H groups in total. The molecule has 3 aromatic heterocycles. The molecule has 5 aromatic rings. The van der Waals surface area contributed by atoms with E-state index < -0.39 is 21.2 Å². The number of amides is 1. The molecule has 0 aliphatic carbocycles. The highest BCUT2D eigenvalue weighted by Gasteiger charge is 2.24. The summed E-state index contributed by atoms with van der Waals surface area (Å²) in [4.78, 5) is 34.9.